The van der Waals surface area contributed by atoms with Crippen molar-refractivity contribution < 1.29 is 0 Å². The quantitative estimate of drug-likeness (QED) is 0.802. The number of hydrogen-bond acceptors (Lipinski definition) is 3. The number of aryl methyl sites for hydroxylation is 1. The maximum Gasteiger partial charge on any atom is 0.107 e. The summed E-state index contributed by atoms with van der Waals surface area (Å²) in [6, 6.07) is 0.705. The van der Waals surface area contributed by atoms with Crippen molar-refractivity contribution in [1.82, 2.24) is 10.3 Å². The van der Waals surface area contributed by atoms with Crippen LogP contribution in [0.15, 0.2) is 5.38 Å². The van der Waals surface area contributed by atoms with Gasteiger partial charge in [-0.3, -0.25) is 0 Å². The fraction of sp³-hybridized carbons (Fsp3) is 0.700. The minimum absolute atomic E-state index is 0.520. The molecule has 0 bridgehead atoms. The molecule has 0 aliphatic heterocycles. The third-order valence-electron chi connectivity index (χ3n) is 2.68. The van der Waals surface area contributed by atoms with Crippen LogP contribution in [0.4, 0.5) is 0 Å². The smallest absolute Gasteiger partial charge is 0.107 e. The van der Waals surface area contributed by atoms with Crippen molar-refractivity contribution in [2.24, 2.45) is 5.41 Å². The van der Waals surface area contributed by atoms with Gasteiger partial charge in [-0.05, 0) is 18.8 Å². The first-order chi connectivity index (χ1) is 6.08. The highest BCUT2D eigenvalue weighted by Crippen LogP contribution is 2.44. The van der Waals surface area contributed by atoms with Crippen LogP contribution in [0.25, 0.3) is 0 Å². The molecular weight excluding hydrogens is 180 g/mol. The first kappa shape index (κ1) is 9.16. The Labute approximate surface area is 83.4 Å². The predicted molar refractivity (Wildman–Crippen MR) is 55.9 cm³/mol. The number of nitrogens with one attached hydrogen (secondary N) is 1. The van der Waals surface area contributed by atoms with Gasteiger partial charge in [0, 0.05) is 23.7 Å². The maximum absolute atomic E-state index is 4.41. The largest absolute Gasteiger partial charge is 0.307 e. The molecule has 1 N–H and O–H groups in total. The lowest BCUT2D eigenvalue weighted by Gasteiger charge is -2.03. The summed E-state index contributed by atoms with van der Waals surface area (Å²) in [5.74, 6) is 0. The molecule has 1 atom stereocenters. The molecule has 1 aliphatic rings. The molecule has 1 unspecified atom stereocenters. The number of rotatable bonds is 3. The molecule has 0 amide bonds. The van der Waals surface area contributed by atoms with Gasteiger partial charge in [0.15, 0.2) is 0 Å². The van der Waals surface area contributed by atoms with E-state index in [0.29, 0.717) is 11.5 Å². The first-order valence-electron chi connectivity index (χ1n) is 4.72. The molecule has 1 aromatic rings. The number of nitrogens with zero attached hydrogens (tertiary/aromatic N) is 1. The molecule has 0 radical (unpaired) electrons. The summed E-state index contributed by atoms with van der Waals surface area (Å²) in [5.41, 5.74) is 1.66. The molecule has 0 saturated heterocycles. The summed E-state index contributed by atoms with van der Waals surface area (Å²) < 4.78 is 0. The van der Waals surface area contributed by atoms with Crippen LogP contribution in [0, 0.1) is 12.3 Å². The molecular formula is C10H16N2S. The number of hydrogen-bond donors (Lipinski definition) is 1. The lowest BCUT2D eigenvalue weighted by molar-refractivity contribution is 0.541. The van der Waals surface area contributed by atoms with Crippen molar-refractivity contribution in [3.05, 3.63) is 16.1 Å². The third-order valence-corrected chi connectivity index (χ3v) is 3.65. The number of aromatic nitrogens is 1. The van der Waals surface area contributed by atoms with Crippen LogP contribution in [0.3, 0.4) is 0 Å². The van der Waals surface area contributed by atoms with Gasteiger partial charge in [-0.15, -0.1) is 11.3 Å². The van der Waals surface area contributed by atoms with Crippen LogP contribution in [0.1, 0.15) is 31.0 Å². The molecule has 1 saturated carbocycles. The average Bonchev–Trinajstić information content (AvgIpc) is 2.45. The number of thiazole rings is 1. The lowest BCUT2D eigenvalue weighted by atomic mass is 10.2. The van der Waals surface area contributed by atoms with E-state index in [-0.39, 0.29) is 0 Å². The van der Waals surface area contributed by atoms with Gasteiger partial charge in [0.25, 0.3) is 0 Å². The molecule has 72 valence electrons. The molecule has 13 heavy (non-hydrogen) atoms. The van der Waals surface area contributed by atoms with E-state index >= 15 is 0 Å². The Morgan fingerprint density at radius 1 is 1.69 bits per heavy atom. The van der Waals surface area contributed by atoms with Crippen molar-refractivity contribution in [3.63, 3.8) is 0 Å². The fourth-order valence-corrected chi connectivity index (χ4v) is 2.23. The van der Waals surface area contributed by atoms with E-state index < -0.39 is 0 Å². The zero-order valence-corrected chi connectivity index (χ0v) is 9.24. The Kier molecular flexibility index (Phi) is 2.16. The summed E-state index contributed by atoms with van der Waals surface area (Å²) in [7, 11) is 0. The van der Waals surface area contributed by atoms with Gasteiger partial charge in [-0.1, -0.05) is 13.8 Å². The van der Waals surface area contributed by atoms with Gasteiger partial charge >= 0.3 is 0 Å². The van der Waals surface area contributed by atoms with Crippen LogP contribution in [0.5, 0.6) is 0 Å². The molecule has 1 fully saturated rings. The summed E-state index contributed by atoms with van der Waals surface area (Å²) in [4.78, 5) is 4.41. The van der Waals surface area contributed by atoms with Gasteiger partial charge in [-0.25, -0.2) is 4.98 Å². The minimum atomic E-state index is 0.520. The van der Waals surface area contributed by atoms with Crippen molar-refractivity contribution in [1.29, 1.82) is 0 Å². The SMILES string of the molecule is Cc1csc(CNC2CC2(C)C)n1. The Morgan fingerprint density at radius 3 is 2.85 bits per heavy atom. The lowest BCUT2D eigenvalue weighted by Crippen LogP contribution is -2.19. The summed E-state index contributed by atoms with van der Waals surface area (Å²) in [5, 5.41) is 6.84. The Balaban J connectivity index is 1.81. The second-order valence-corrected chi connectivity index (χ2v) is 5.45. The zero-order valence-electron chi connectivity index (χ0n) is 8.42. The van der Waals surface area contributed by atoms with Crippen LogP contribution >= 0.6 is 11.3 Å². The topological polar surface area (TPSA) is 24.9 Å². The van der Waals surface area contributed by atoms with E-state index in [4.69, 9.17) is 0 Å². The van der Waals surface area contributed by atoms with Crippen molar-refractivity contribution in [2.75, 3.05) is 0 Å². The molecule has 1 aromatic heterocycles. The van der Waals surface area contributed by atoms with Crippen LogP contribution < -0.4 is 5.32 Å². The summed E-state index contributed by atoms with van der Waals surface area (Å²) in [6.45, 7) is 7.59. The standard InChI is InChI=1S/C10H16N2S/c1-7-6-13-9(12-7)5-11-8-4-10(8,2)3/h6,8,11H,4-5H2,1-3H3. The van der Waals surface area contributed by atoms with E-state index in [1.165, 1.54) is 11.4 Å². The molecule has 1 aliphatic carbocycles. The monoisotopic (exact) mass is 196 g/mol. The van der Waals surface area contributed by atoms with Gasteiger partial charge in [0.05, 0.1) is 0 Å². The molecule has 0 aromatic carbocycles. The van der Waals surface area contributed by atoms with Gasteiger partial charge in [-0.2, -0.15) is 0 Å². The van der Waals surface area contributed by atoms with Crippen molar-refractivity contribution >= 4 is 11.3 Å². The first-order valence-corrected chi connectivity index (χ1v) is 5.60. The third kappa shape index (κ3) is 2.09. The minimum Gasteiger partial charge on any atom is -0.307 e. The van der Waals surface area contributed by atoms with E-state index in [1.807, 2.05) is 6.92 Å². The van der Waals surface area contributed by atoms with Crippen LogP contribution in [0.2, 0.25) is 0 Å². The predicted octanol–water partition coefficient (Wildman–Crippen LogP) is 2.34. The van der Waals surface area contributed by atoms with E-state index in [0.717, 1.165) is 12.2 Å². The van der Waals surface area contributed by atoms with Crippen molar-refractivity contribution in [2.45, 2.75) is 39.8 Å². The average molecular weight is 196 g/mol. The molecule has 2 rings (SSSR count). The highest BCUT2D eigenvalue weighted by Gasteiger charge is 2.45. The summed E-state index contributed by atoms with van der Waals surface area (Å²) >= 11 is 1.75. The molecule has 3 heteroatoms. The van der Waals surface area contributed by atoms with Gasteiger partial charge < -0.3 is 5.32 Å². The fourth-order valence-electron chi connectivity index (χ4n) is 1.51. The molecule has 2 nitrogen and oxygen atoms in total. The van der Waals surface area contributed by atoms with E-state index in [2.05, 4.69) is 29.5 Å². The van der Waals surface area contributed by atoms with E-state index in [9.17, 15) is 0 Å². The Hall–Kier alpha value is -0.410. The highest BCUT2D eigenvalue weighted by atomic mass is 32.1. The van der Waals surface area contributed by atoms with Gasteiger partial charge in [0.2, 0.25) is 0 Å². The van der Waals surface area contributed by atoms with Gasteiger partial charge in [0.1, 0.15) is 5.01 Å². The normalized spacial score (nSPS) is 24.7. The van der Waals surface area contributed by atoms with Crippen LogP contribution in [-0.2, 0) is 6.54 Å². The molecule has 0 spiro atoms. The van der Waals surface area contributed by atoms with Crippen molar-refractivity contribution in [3.8, 4) is 0 Å². The second-order valence-electron chi connectivity index (χ2n) is 4.51. The highest BCUT2D eigenvalue weighted by molar-refractivity contribution is 7.09. The Morgan fingerprint density at radius 2 is 2.38 bits per heavy atom. The summed E-state index contributed by atoms with van der Waals surface area (Å²) in [6.07, 6.45) is 1.30. The van der Waals surface area contributed by atoms with Crippen LogP contribution in [-0.4, -0.2) is 11.0 Å². The zero-order chi connectivity index (χ0) is 9.47. The van der Waals surface area contributed by atoms with E-state index in [1.54, 1.807) is 11.3 Å². The second kappa shape index (κ2) is 3.07. The maximum atomic E-state index is 4.41. The Bertz CT molecular complexity index is 304. The molecule has 1 heterocycles.